The maximum Gasteiger partial charge on any atom is 0.266 e. The molecule has 0 bridgehead atoms. The lowest BCUT2D eigenvalue weighted by atomic mass is 10.0. The van der Waals surface area contributed by atoms with Gasteiger partial charge in [0.05, 0.1) is 0 Å². The summed E-state index contributed by atoms with van der Waals surface area (Å²) in [5.74, 6) is 0. The third-order valence-corrected chi connectivity index (χ3v) is 4.16. The highest BCUT2D eigenvalue weighted by Crippen LogP contribution is 2.29. The third kappa shape index (κ3) is 2.58. The van der Waals surface area contributed by atoms with Crippen LogP contribution in [0.25, 0.3) is 33.3 Å². The van der Waals surface area contributed by atoms with Gasteiger partial charge in [0.1, 0.15) is 18.0 Å². The second kappa shape index (κ2) is 5.73. The van der Waals surface area contributed by atoms with Crippen molar-refractivity contribution >= 4 is 10.9 Å². The minimum Gasteiger partial charge on any atom is -0.354 e. The van der Waals surface area contributed by atoms with Gasteiger partial charge in [0.2, 0.25) is 0 Å². The van der Waals surface area contributed by atoms with E-state index < -0.39 is 0 Å². The summed E-state index contributed by atoms with van der Waals surface area (Å²) in [6.07, 6.45) is 5.00. The topological polar surface area (TPSA) is 98.2 Å². The number of aromatic nitrogens is 4. The van der Waals surface area contributed by atoms with Crippen molar-refractivity contribution < 1.29 is 0 Å². The summed E-state index contributed by atoms with van der Waals surface area (Å²) in [5, 5.41) is 10.1. The maximum absolute atomic E-state index is 11.7. The van der Waals surface area contributed by atoms with Crippen LogP contribution in [-0.4, -0.2) is 19.9 Å². The summed E-state index contributed by atoms with van der Waals surface area (Å²) < 4.78 is 0. The Labute approximate surface area is 142 Å². The highest BCUT2D eigenvalue weighted by atomic mass is 16.1. The molecule has 0 aliphatic carbocycles. The van der Waals surface area contributed by atoms with Crippen LogP contribution in [0, 0.1) is 18.3 Å². The molecule has 4 rings (SSSR count). The number of H-pyrrole nitrogens is 2. The molecule has 0 radical (unpaired) electrons. The molecular formula is C19H13N5O. The zero-order chi connectivity index (χ0) is 17.4. The first-order valence-corrected chi connectivity index (χ1v) is 7.68. The van der Waals surface area contributed by atoms with Gasteiger partial charge in [-0.15, -0.1) is 0 Å². The van der Waals surface area contributed by atoms with Crippen molar-refractivity contribution in [2.75, 3.05) is 0 Å². The van der Waals surface area contributed by atoms with Gasteiger partial charge in [-0.1, -0.05) is 6.07 Å². The molecule has 1 aromatic carbocycles. The summed E-state index contributed by atoms with van der Waals surface area (Å²) in [7, 11) is 0. The summed E-state index contributed by atoms with van der Waals surface area (Å²) in [6, 6.07) is 11.6. The molecule has 0 atom stereocenters. The van der Waals surface area contributed by atoms with E-state index in [0.717, 1.165) is 39.0 Å². The number of aryl methyl sites for hydroxylation is 1. The molecule has 6 nitrogen and oxygen atoms in total. The van der Waals surface area contributed by atoms with E-state index in [1.165, 1.54) is 6.33 Å². The van der Waals surface area contributed by atoms with Crippen molar-refractivity contribution in [1.29, 1.82) is 5.26 Å². The monoisotopic (exact) mass is 327 g/mol. The Morgan fingerprint density at radius 3 is 2.60 bits per heavy atom. The summed E-state index contributed by atoms with van der Waals surface area (Å²) in [6.45, 7) is 1.83. The molecule has 4 aromatic rings. The van der Waals surface area contributed by atoms with Crippen LogP contribution in [0.2, 0.25) is 0 Å². The third-order valence-electron chi connectivity index (χ3n) is 4.16. The molecule has 120 valence electrons. The number of nitriles is 1. The predicted molar refractivity (Wildman–Crippen MR) is 94.8 cm³/mol. The van der Waals surface area contributed by atoms with Crippen LogP contribution >= 0.6 is 0 Å². The first-order valence-electron chi connectivity index (χ1n) is 7.68. The van der Waals surface area contributed by atoms with Gasteiger partial charge in [0.15, 0.2) is 0 Å². The van der Waals surface area contributed by atoms with Gasteiger partial charge < -0.3 is 9.97 Å². The van der Waals surface area contributed by atoms with E-state index >= 15 is 0 Å². The van der Waals surface area contributed by atoms with Gasteiger partial charge in [-0.2, -0.15) is 5.26 Å². The van der Waals surface area contributed by atoms with Crippen LogP contribution in [0.4, 0.5) is 0 Å². The van der Waals surface area contributed by atoms with E-state index in [0.29, 0.717) is 0 Å². The Kier molecular flexibility index (Phi) is 3.40. The van der Waals surface area contributed by atoms with Gasteiger partial charge in [0, 0.05) is 45.8 Å². The lowest BCUT2D eigenvalue weighted by molar-refractivity contribution is 1.13. The fourth-order valence-corrected chi connectivity index (χ4v) is 2.90. The number of aromatic amines is 2. The molecule has 0 aliphatic rings. The molecule has 25 heavy (non-hydrogen) atoms. The predicted octanol–water partition coefficient (Wildman–Crippen LogP) is 3.16. The number of benzene rings is 1. The van der Waals surface area contributed by atoms with Crippen LogP contribution in [-0.2, 0) is 0 Å². The zero-order valence-electron chi connectivity index (χ0n) is 13.4. The van der Waals surface area contributed by atoms with Crippen molar-refractivity contribution in [3.8, 4) is 28.5 Å². The number of nitrogens with zero attached hydrogens (tertiary/aromatic N) is 3. The van der Waals surface area contributed by atoms with E-state index in [1.807, 2.05) is 37.3 Å². The summed E-state index contributed by atoms with van der Waals surface area (Å²) in [5.41, 5.74) is 5.09. The fraction of sp³-hybridized carbons (Fsp3) is 0.0526. The largest absolute Gasteiger partial charge is 0.354 e. The number of hydrogen-bond donors (Lipinski definition) is 2. The number of fused-ring (bicyclic) bond motifs is 1. The number of pyridine rings is 1. The van der Waals surface area contributed by atoms with Crippen molar-refractivity contribution in [1.82, 2.24) is 19.9 Å². The summed E-state index contributed by atoms with van der Waals surface area (Å²) in [4.78, 5) is 25.9. The van der Waals surface area contributed by atoms with E-state index in [4.69, 9.17) is 5.26 Å². The number of hydrogen-bond acceptors (Lipinski definition) is 4. The van der Waals surface area contributed by atoms with Crippen LogP contribution in [0.1, 0.15) is 11.3 Å². The van der Waals surface area contributed by atoms with E-state index in [2.05, 4.69) is 19.9 Å². The smallest absolute Gasteiger partial charge is 0.266 e. The van der Waals surface area contributed by atoms with Crippen LogP contribution in [0.5, 0.6) is 0 Å². The Hall–Kier alpha value is -3.72. The minimum absolute atomic E-state index is 0.108. The molecule has 0 saturated heterocycles. The lowest BCUT2D eigenvalue weighted by Crippen LogP contribution is -2.11. The normalized spacial score (nSPS) is 10.7. The second-order valence-corrected chi connectivity index (χ2v) is 5.77. The van der Waals surface area contributed by atoms with Crippen molar-refractivity contribution in [3.63, 3.8) is 0 Å². The number of nitrogens with one attached hydrogen (secondary N) is 2. The molecule has 0 unspecified atom stereocenters. The highest BCUT2D eigenvalue weighted by molar-refractivity contribution is 5.89. The second-order valence-electron chi connectivity index (χ2n) is 5.77. The quantitative estimate of drug-likeness (QED) is 0.591. The molecule has 3 heterocycles. The average Bonchev–Trinajstić information content (AvgIpc) is 3.06. The molecule has 3 aromatic heterocycles. The van der Waals surface area contributed by atoms with Gasteiger partial charge in [0.25, 0.3) is 5.56 Å². The molecule has 2 N–H and O–H groups in total. The molecule has 0 amide bonds. The maximum atomic E-state index is 11.7. The average molecular weight is 327 g/mol. The van der Waals surface area contributed by atoms with E-state index in [-0.39, 0.29) is 11.1 Å². The van der Waals surface area contributed by atoms with Crippen LogP contribution in [0.3, 0.4) is 0 Å². The minimum atomic E-state index is -0.363. The first-order chi connectivity index (χ1) is 12.2. The lowest BCUT2D eigenvalue weighted by Gasteiger charge is -2.06. The standard InChI is InChI=1S/C19H13N5O/c1-11-16(5-14(7-20)19(25)23-11)12-2-3-17-13(4-12)6-18(24-17)15-8-21-10-22-9-15/h2-6,8-10,24H,1H3,(H,23,25). The first kappa shape index (κ1) is 14.8. The zero-order valence-corrected chi connectivity index (χ0v) is 13.4. The Balaban J connectivity index is 1.85. The molecule has 0 aliphatic heterocycles. The SMILES string of the molecule is Cc1[nH]c(=O)c(C#N)cc1-c1ccc2[nH]c(-c3cncnc3)cc2c1. The van der Waals surface area contributed by atoms with Gasteiger partial charge >= 0.3 is 0 Å². The molecular weight excluding hydrogens is 314 g/mol. The van der Waals surface area contributed by atoms with Crippen LogP contribution < -0.4 is 5.56 Å². The molecule has 0 saturated carbocycles. The Bertz CT molecular complexity index is 1180. The Morgan fingerprint density at radius 2 is 1.84 bits per heavy atom. The Morgan fingerprint density at radius 1 is 1.04 bits per heavy atom. The highest BCUT2D eigenvalue weighted by Gasteiger charge is 2.10. The van der Waals surface area contributed by atoms with Crippen molar-refractivity contribution in [3.05, 3.63) is 70.7 Å². The molecule has 0 fully saturated rings. The number of rotatable bonds is 2. The molecule has 0 spiro atoms. The molecule has 6 heteroatoms. The van der Waals surface area contributed by atoms with Gasteiger partial charge in [-0.25, -0.2) is 9.97 Å². The van der Waals surface area contributed by atoms with Crippen LogP contribution in [0.15, 0.2) is 53.8 Å². The summed E-state index contributed by atoms with van der Waals surface area (Å²) >= 11 is 0. The van der Waals surface area contributed by atoms with Crippen molar-refractivity contribution in [2.24, 2.45) is 0 Å². The fourth-order valence-electron chi connectivity index (χ4n) is 2.90. The van der Waals surface area contributed by atoms with Gasteiger partial charge in [-0.05, 0) is 36.8 Å². The van der Waals surface area contributed by atoms with Crippen molar-refractivity contribution in [2.45, 2.75) is 6.92 Å². The van der Waals surface area contributed by atoms with Gasteiger partial charge in [-0.3, -0.25) is 4.79 Å². The van der Waals surface area contributed by atoms with E-state index in [1.54, 1.807) is 18.5 Å². The van der Waals surface area contributed by atoms with E-state index in [9.17, 15) is 4.79 Å².